The van der Waals surface area contributed by atoms with Crippen LogP contribution in [0.5, 0.6) is 0 Å². The SMILES string of the molecule is C=N/C=C(CNc1cc(Nc2ccc(N3CCCCC3=O)cn2)ncc1C(N)=O)\C(=C/C)C(F)(F)F. The van der Waals surface area contributed by atoms with Crippen molar-refractivity contribution in [2.24, 2.45) is 10.7 Å². The third kappa shape index (κ3) is 6.46. The molecule has 1 fully saturated rings. The first-order valence-electron chi connectivity index (χ1n) is 11.1. The van der Waals surface area contributed by atoms with Crippen LogP contribution in [-0.2, 0) is 4.79 Å². The summed E-state index contributed by atoms with van der Waals surface area (Å²) in [4.78, 5) is 37.6. The van der Waals surface area contributed by atoms with Crippen molar-refractivity contribution in [2.45, 2.75) is 32.4 Å². The number of carbonyl (C=O) groups excluding carboxylic acids is 2. The minimum Gasteiger partial charge on any atom is -0.380 e. The fourth-order valence-electron chi connectivity index (χ4n) is 3.74. The zero-order valence-corrected chi connectivity index (χ0v) is 19.6. The van der Waals surface area contributed by atoms with Crippen molar-refractivity contribution in [1.29, 1.82) is 0 Å². The summed E-state index contributed by atoms with van der Waals surface area (Å²) in [7, 11) is 0. The summed E-state index contributed by atoms with van der Waals surface area (Å²) in [6, 6.07) is 4.86. The molecule has 0 atom stereocenters. The molecule has 2 aromatic rings. The van der Waals surface area contributed by atoms with E-state index in [0.29, 0.717) is 24.5 Å². The highest BCUT2D eigenvalue weighted by molar-refractivity contribution is 5.98. The molecule has 1 aliphatic rings. The smallest absolute Gasteiger partial charge is 0.380 e. The van der Waals surface area contributed by atoms with E-state index < -0.39 is 17.7 Å². The average Bonchev–Trinajstić information content (AvgIpc) is 2.83. The summed E-state index contributed by atoms with van der Waals surface area (Å²) < 4.78 is 40.1. The average molecular weight is 502 g/mol. The Kier molecular flexibility index (Phi) is 8.41. The highest BCUT2D eigenvalue weighted by Crippen LogP contribution is 2.32. The lowest BCUT2D eigenvalue weighted by atomic mass is 10.1. The van der Waals surface area contributed by atoms with Gasteiger partial charge in [-0.25, -0.2) is 9.97 Å². The van der Waals surface area contributed by atoms with Gasteiger partial charge in [0.25, 0.3) is 5.91 Å². The number of anilines is 4. The number of nitrogens with two attached hydrogens (primary N) is 1. The van der Waals surface area contributed by atoms with Crippen molar-refractivity contribution < 1.29 is 22.8 Å². The van der Waals surface area contributed by atoms with Gasteiger partial charge in [0.1, 0.15) is 11.6 Å². The van der Waals surface area contributed by atoms with Gasteiger partial charge in [0.15, 0.2) is 0 Å². The van der Waals surface area contributed by atoms with Crippen LogP contribution in [0.15, 0.2) is 59.0 Å². The number of hydrogen-bond donors (Lipinski definition) is 3. The number of primary amides is 1. The van der Waals surface area contributed by atoms with Crippen LogP contribution in [0.2, 0.25) is 0 Å². The van der Waals surface area contributed by atoms with Crippen LogP contribution in [0.1, 0.15) is 36.5 Å². The van der Waals surface area contributed by atoms with Gasteiger partial charge < -0.3 is 21.3 Å². The largest absolute Gasteiger partial charge is 0.416 e. The second-order valence-electron chi connectivity index (χ2n) is 7.90. The van der Waals surface area contributed by atoms with Gasteiger partial charge in [0, 0.05) is 43.5 Å². The van der Waals surface area contributed by atoms with Crippen molar-refractivity contribution in [2.75, 3.05) is 28.6 Å². The predicted molar refractivity (Wildman–Crippen MR) is 132 cm³/mol. The Bertz CT molecular complexity index is 1190. The van der Waals surface area contributed by atoms with Crippen molar-refractivity contribution in [3.05, 3.63) is 59.6 Å². The normalized spacial score (nSPS) is 15.0. The maximum atomic E-state index is 13.4. The molecule has 0 aromatic carbocycles. The van der Waals surface area contributed by atoms with Gasteiger partial charge in [-0.1, -0.05) is 6.08 Å². The third-order valence-electron chi connectivity index (χ3n) is 5.46. The number of amides is 2. The Balaban J connectivity index is 1.80. The summed E-state index contributed by atoms with van der Waals surface area (Å²) in [5.74, 6) is -0.0704. The zero-order chi connectivity index (χ0) is 26.3. The summed E-state index contributed by atoms with van der Waals surface area (Å²) in [5.41, 5.74) is 5.21. The van der Waals surface area contributed by atoms with Crippen LogP contribution in [0, 0.1) is 0 Å². The molecule has 2 aromatic heterocycles. The maximum absolute atomic E-state index is 13.4. The molecule has 12 heteroatoms. The quantitative estimate of drug-likeness (QED) is 0.347. The predicted octanol–water partition coefficient (Wildman–Crippen LogP) is 4.34. The molecule has 3 rings (SSSR count). The summed E-state index contributed by atoms with van der Waals surface area (Å²) in [6.45, 7) is 4.83. The summed E-state index contributed by atoms with van der Waals surface area (Å²) >= 11 is 0. The van der Waals surface area contributed by atoms with E-state index in [2.05, 4.69) is 32.3 Å². The molecule has 190 valence electrons. The Hall–Kier alpha value is -4.22. The second kappa shape index (κ2) is 11.5. The fraction of sp³-hybridized carbons (Fsp3) is 0.292. The van der Waals surface area contributed by atoms with Crippen LogP contribution >= 0.6 is 0 Å². The van der Waals surface area contributed by atoms with E-state index in [1.165, 1.54) is 19.2 Å². The fourth-order valence-corrected chi connectivity index (χ4v) is 3.74. The standard InChI is InChI=1S/C24H26F3N7O2/c1-3-18(24(25,26)27)15(11-29-2)12-30-19-10-21(32-14-17(19)23(28)36)33-20-8-7-16(13-31-20)34-9-5-4-6-22(34)35/h3,7-8,10-11,13-14H,2,4-6,9,12H2,1H3,(H2,28,36)(H2,30,31,32,33)/b15-11-,18-3+. The minimum absolute atomic E-state index is 0.00702. The number of hydrogen-bond acceptors (Lipinski definition) is 7. The van der Waals surface area contributed by atoms with E-state index in [0.717, 1.165) is 25.1 Å². The van der Waals surface area contributed by atoms with Gasteiger partial charge in [-0.15, -0.1) is 0 Å². The number of halogens is 3. The first-order chi connectivity index (χ1) is 17.1. The van der Waals surface area contributed by atoms with Gasteiger partial charge in [-0.2, -0.15) is 13.2 Å². The highest BCUT2D eigenvalue weighted by Gasteiger charge is 2.35. The Morgan fingerprint density at radius 3 is 2.58 bits per heavy atom. The van der Waals surface area contributed by atoms with Gasteiger partial charge in [0.05, 0.1) is 28.7 Å². The van der Waals surface area contributed by atoms with E-state index in [1.807, 2.05) is 0 Å². The molecule has 1 saturated heterocycles. The van der Waals surface area contributed by atoms with Crippen LogP contribution in [-0.4, -0.2) is 47.8 Å². The molecule has 0 spiro atoms. The maximum Gasteiger partial charge on any atom is 0.416 e. The number of allylic oxidation sites excluding steroid dienone is 1. The van der Waals surface area contributed by atoms with Gasteiger partial charge in [0.2, 0.25) is 5.91 Å². The van der Waals surface area contributed by atoms with E-state index >= 15 is 0 Å². The van der Waals surface area contributed by atoms with E-state index in [-0.39, 0.29) is 35.1 Å². The molecule has 0 unspecified atom stereocenters. The topological polar surface area (TPSA) is 126 Å². The monoisotopic (exact) mass is 501 g/mol. The molecule has 3 heterocycles. The number of pyridine rings is 2. The lowest BCUT2D eigenvalue weighted by molar-refractivity contribution is -0.119. The first-order valence-corrected chi connectivity index (χ1v) is 11.1. The third-order valence-corrected chi connectivity index (χ3v) is 5.46. The number of nitrogens with zero attached hydrogens (tertiary/aromatic N) is 4. The second-order valence-corrected chi connectivity index (χ2v) is 7.90. The number of nitrogens with one attached hydrogen (secondary N) is 2. The van der Waals surface area contributed by atoms with Crippen LogP contribution < -0.4 is 21.3 Å². The van der Waals surface area contributed by atoms with Gasteiger partial charge in [-0.3, -0.25) is 14.6 Å². The zero-order valence-electron chi connectivity index (χ0n) is 19.6. The van der Waals surface area contributed by atoms with Crippen molar-refractivity contribution >= 4 is 41.5 Å². The van der Waals surface area contributed by atoms with Crippen molar-refractivity contribution in [3.63, 3.8) is 0 Å². The van der Waals surface area contributed by atoms with Crippen LogP contribution in [0.25, 0.3) is 0 Å². The molecule has 0 saturated carbocycles. The number of alkyl halides is 3. The van der Waals surface area contributed by atoms with E-state index in [9.17, 15) is 22.8 Å². The van der Waals surface area contributed by atoms with E-state index in [1.54, 1.807) is 23.2 Å². The molecular formula is C24H26F3N7O2. The number of rotatable bonds is 9. The Morgan fingerprint density at radius 2 is 2.00 bits per heavy atom. The number of carbonyl (C=O) groups is 2. The number of piperidine rings is 1. The lowest BCUT2D eigenvalue weighted by Gasteiger charge is -2.26. The molecule has 9 nitrogen and oxygen atoms in total. The van der Waals surface area contributed by atoms with Crippen molar-refractivity contribution in [3.8, 4) is 0 Å². The van der Waals surface area contributed by atoms with Crippen LogP contribution in [0.3, 0.4) is 0 Å². The highest BCUT2D eigenvalue weighted by atomic mass is 19.4. The number of aromatic nitrogens is 2. The van der Waals surface area contributed by atoms with Gasteiger partial charge in [-0.05, 0) is 38.6 Å². The van der Waals surface area contributed by atoms with Gasteiger partial charge >= 0.3 is 6.18 Å². The number of aliphatic imine (C=N–C) groups is 1. The molecule has 1 aliphatic heterocycles. The summed E-state index contributed by atoms with van der Waals surface area (Å²) in [6.07, 6.45) is 2.42. The lowest BCUT2D eigenvalue weighted by Crippen LogP contribution is -2.35. The molecule has 36 heavy (non-hydrogen) atoms. The minimum atomic E-state index is -4.60. The molecular weight excluding hydrogens is 475 g/mol. The van der Waals surface area contributed by atoms with E-state index in [4.69, 9.17) is 5.73 Å². The molecule has 2 amide bonds. The Morgan fingerprint density at radius 1 is 1.25 bits per heavy atom. The first kappa shape index (κ1) is 26.4. The van der Waals surface area contributed by atoms with Crippen molar-refractivity contribution in [1.82, 2.24) is 9.97 Å². The molecule has 0 aliphatic carbocycles. The molecule has 0 radical (unpaired) electrons. The summed E-state index contributed by atoms with van der Waals surface area (Å²) in [5, 5.41) is 5.78. The molecule has 0 bridgehead atoms. The van der Waals surface area contributed by atoms with Crippen LogP contribution in [0.4, 0.5) is 36.2 Å². The Labute approximate surface area is 206 Å². The molecule has 4 N–H and O–H groups in total.